The summed E-state index contributed by atoms with van der Waals surface area (Å²) in [7, 11) is 0. The minimum Gasteiger partial charge on any atom is -0.0998 e. The van der Waals surface area contributed by atoms with Crippen LogP contribution >= 0.6 is 0 Å². The van der Waals surface area contributed by atoms with Gasteiger partial charge >= 0.3 is 0 Å². The molecule has 0 spiro atoms. The molecule has 0 nitrogen and oxygen atoms in total. The predicted octanol–water partition coefficient (Wildman–Crippen LogP) is 3.49. The lowest BCUT2D eigenvalue weighted by molar-refractivity contribution is 0.339. The Hall–Kier alpha value is -0.195. The molecule has 66 valence electrons. The quantitative estimate of drug-likeness (QED) is 0.377. The van der Waals surface area contributed by atoms with Gasteiger partial charge in [0.25, 0.3) is 0 Å². The maximum Gasteiger partial charge on any atom is 0.136 e. The Morgan fingerprint density at radius 1 is 1.33 bits per heavy atom. The highest BCUT2D eigenvalue weighted by molar-refractivity contribution is 6.57. The standard InChI is InChI=1S/C11H19B/c1-9-5-10-3-4-12(2)8-11(6-9)7-10/h10-11H,1,3-8H2,2H3. The van der Waals surface area contributed by atoms with Gasteiger partial charge in [0.1, 0.15) is 6.71 Å². The SMILES string of the molecule is C=C1CC2CCB(C)CC(C1)C2. The molecule has 0 N–H and O–H groups in total. The van der Waals surface area contributed by atoms with Crippen molar-refractivity contribution in [1.29, 1.82) is 0 Å². The third-order valence-corrected chi connectivity index (χ3v) is 3.62. The molecule has 0 aromatic carbocycles. The molecule has 1 aliphatic carbocycles. The highest BCUT2D eigenvalue weighted by Gasteiger charge is 2.29. The number of fused-ring (bicyclic) bond motifs is 2. The first-order valence-electron chi connectivity index (χ1n) is 5.40. The lowest BCUT2D eigenvalue weighted by Gasteiger charge is -2.28. The van der Waals surface area contributed by atoms with Gasteiger partial charge in [-0.2, -0.15) is 0 Å². The summed E-state index contributed by atoms with van der Waals surface area (Å²) >= 11 is 0. The van der Waals surface area contributed by atoms with Crippen molar-refractivity contribution in [2.24, 2.45) is 11.8 Å². The van der Waals surface area contributed by atoms with Crippen LogP contribution in [0.1, 0.15) is 25.7 Å². The zero-order valence-corrected chi connectivity index (χ0v) is 8.18. The molecule has 12 heavy (non-hydrogen) atoms. The molecule has 2 rings (SSSR count). The van der Waals surface area contributed by atoms with Crippen LogP contribution in [0.15, 0.2) is 12.2 Å². The van der Waals surface area contributed by atoms with Crippen molar-refractivity contribution in [2.75, 3.05) is 0 Å². The molecular formula is C11H19B. The molecule has 1 aliphatic heterocycles. The number of allylic oxidation sites excluding steroid dienone is 1. The van der Waals surface area contributed by atoms with Crippen molar-refractivity contribution in [3.8, 4) is 0 Å². The van der Waals surface area contributed by atoms with E-state index in [2.05, 4.69) is 13.4 Å². The van der Waals surface area contributed by atoms with E-state index in [1.807, 2.05) is 0 Å². The Bertz CT molecular complexity index is 183. The lowest BCUT2D eigenvalue weighted by Crippen LogP contribution is -2.15. The third-order valence-electron chi connectivity index (χ3n) is 3.62. The van der Waals surface area contributed by atoms with Gasteiger partial charge < -0.3 is 0 Å². The number of hydrogen-bond acceptors (Lipinski definition) is 0. The molecule has 1 heteroatoms. The minimum absolute atomic E-state index is 0.978. The maximum absolute atomic E-state index is 4.16. The van der Waals surface area contributed by atoms with Gasteiger partial charge in [-0.1, -0.05) is 38.0 Å². The smallest absolute Gasteiger partial charge is 0.0998 e. The second kappa shape index (κ2) is 3.28. The highest BCUT2D eigenvalue weighted by atomic mass is 14.3. The molecule has 1 heterocycles. The van der Waals surface area contributed by atoms with Gasteiger partial charge in [-0.05, 0) is 31.1 Å². The normalized spacial score (nSPS) is 36.4. The molecule has 0 amide bonds. The first-order chi connectivity index (χ1) is 5.74. The highest BCUT2D eigenvalue weighted by Crippen LogP contribution is 2.40. The monoisotopic (exact) mass is 162 g/mol. The largest absolute Gasteiger partial charge is 0.136 e. The van der Waals surface area contributed by atoms with E-state index in [4.69, 9.17) is 0 Å². The van der Waals surface area contributed by atoms with Gasteiger partial charge in [0, 0.05) is 0 Å². The summed E-state index contributed by atoms with van der Waals surface area (Å²) in [6.07, 6.45) is 8.58. The Labute approximate surface area is 76.5 Å². The molecule has 0 radical (unpaired) electrons. The molecular weight excluding hydrogens is 143 g/mol. The van der Waals surface area contributed by atoms with E-state index in [-0.39, 0.29) is 0 Å². The predicted molar refractivity (Wildman–Crippen MR) is 55.8 cm³/mol. The summed E-state index contributed by atoms with van der Waals surface area (Å²) < 4.78 is 0. The van der Waals surface area contributed by atoms with Crippen LogP contribution in [-0.4, -0.2) is 6.71 Å². The summed E-state index contributed by atoms with van der Waals surface area (Å²) in [6, 6.07) is 0. The average Bonchev–Trinajstić information content (AvgIpc) is 2.10. The van der Waals surface area contributed by atoms with Crippen LogP contribution in [0.3, 0.4) is 0 Å². The molecule has 1 saturated heterocycles. The molecule has 2 aliphatic rings. The van der Waals surface area contributed by atoms with Crippen LogP contribution in [0.4, 0.5) is 0 Å². The maximum atomic E-state index is 4.16. The summed E-state index contributed by atoms with van der Waals surface area (Å²) in [5.41, 5.74) is 1.53. The molecule has 2 fully saturated rings. The molecule has 2 bridgehead atoms. The molecule has 2 atom stereocenters. The first kappa shape index (κ1) is 8.41. The summed E-state index contributed by atoms with van der Waals surface area (Å²) in [4.78, 5) is 0. The Kier molecular flexibility index (Phi) is 2.30. The second-order valence-electron chi connectivity index (χ2n) is 5.04. The van der Waals surface area contributed by atoms with E-state index >= 15 is 0 Å². The molecule has 0 aromatic rings. The van der Waals surface area contributed by atoms with E-state index in [0.29, 0.717) is 0 Å². The van der Waals surface area contributed by atoms with Crippen LogP contribution in [-0.2, 0) is 0 Å². The van der Waals surface area contributed by atoms with E-state index in [1.54, 1.807) is 0 Å². The van der Waals surface area contributed by atoms with E-state index < -0.39 is 0 Å². The van der Waals surface area contributed by atoms with Gasteiger partial charge in [-0.3, -0.25) is 0 Å². The van der Waals surface area contributed by atoms with Crippen molar-refractivity contribution in [3.05, 3.63) is 12.2 Å². The fourth-order valence-corrected chi connectivity index (χ4v) is 3.14. The lowest BCUT2D eigenvalue weighted by atomic mass is 9.45. The van der Waals surface area contributed by atoms with Crippen molar-refractivity contribution in [2.45, 2.75) is 45.1 Å². The fraction of sp³-hybridized carbons (Fsp3) is 0.818. The van der Waals surface area contributed by atoms with E-state index in [0.717, 1.165) is 18.5 Å². The van der Waals surface area contributed by atoms with Gasteiger partial charge in [0.05, 0.1) is 0 Å². The Morgan fingerprint density at radius 3 is 2.92 bits per heavy atom. The molecule has 1 saturated carbocycles. The van der Waals surface area contributed by atoms with Crippen molar-refractivity contribution < 1.29 is 0 Å². The topological polar surface area (TPSA) is 0 Å². The zero-order valence-electron chi connectivity index (χ0n) is 8.18. The Balaban J connectivity index is 2.06. The molecule has 2 unspecified atom stereocenters. The third kappa shape index (κ3) is 1.76. The number of rotatable bonds is 0. The second-order valence-corrected chi connectivity index (χ2v) is 5.04. The van der Waals surface area contributed by atoms with Gasteiger partial charge in [-0.25, -0.2) is 0 Å². The van der Waals surface area contributed by atoms with Crippen LogP contribution in [0, 0.1) is 11.8 Å². The van der Waals surface area contributed by atoms with Gasteiger partial charge in [0.2, 0.25) is 0 Å². The Morgan fingerprint density at radius 2 is 2.08 bits per heavy atom. The number of hydrogen-bond donors (Lipinski definition) is 0. The van der Waals surface area contributed by atoms with Crippen LogP contribution in [0.25, 0.3) is 0 Å². The van der Waals surface area contributed by atoms with Crippen molar-refractivity contribution in [1.82, 2.24) is 0 Å². The summed E-state index contributed by atoms with van der Waals surface area (Å²) in [6.45, 7) is 7.56. The van der Waals surface area contributed by atoms with Crippen molar-refractivity contribution >= 4 is 6.71 Å². The van der Waals surface area contributed by atoms with Crippen LogP contribution in [0.2, 0.25) is 19.5 Å². The fourth-order valence-electron chi connectivity index (χ4n) is 3.14. The van der Waals surface area contributed by atoms with Gasteiger partial charge in [0.15, 0.2) is 0 Å². The van der Waals surface area contributed by atoms with E-state index in [9.17, 15) is 0 Å². The molecule has 0 aromatic heterocycles. The summed E-state index contributed by atoms with van der Waals surface area (Å²) in [5, 5.41) is 0. The first-order valence-corrected chi connectivity index (χ1v) is 5.40. The minimum atomic E-state index is 0.978. The zero-order chi connectivity index (χ0) is 8.55. The van der Waals surface area contributed by atoms with Crippen LogP contribution < -0.4 is 0 Å². The summed E-state index contributed by atoms with van der Waals surface area (Å²) in [5.74, 6) is 2.00. The van der Waals surface area contributed by atoms with Crippen LogP contribution in [0.5, 0.6) is 0 Å². The van der Waals surface area contributed by atoms with Gasteiger partial charge in [-0.15, -0.1) is 0 Å². The van der Waals surface area contributed by atoms with Crippen molar-refractivity contribution in [3.63, 3.8) is 0 Å². The van der Waals surface area contributed by atoms with E-state index in [1.165, 1.54) is 43.9 Å². The average molecular weight is 162 g/mol.